The molecule has 4 aromatic rings. The van der Waals surface area contributed by atoms with Crippen molar-refractivity contribution < 1.29 is 0 Å². The number of aromatic nitrogens is 4. The van der Waals surface area contributed by atoms with Gasteiger partial charge in [-0.1, -0.05) is 48.5 Å². The molecule has 0 unspecified atom stereocenters. The van der Waals surface area contributed by atoms with Crippen molar-refractivity contribution in [2.75, 3.05) is 0 Å². The third-order valence-corrected chi connectivity index (χ3v) is 3.83. The molecule has 0 aliphatic rings. The fourth-order valence-electron chi connectivity index (χ4n) is 2.61. The van der Waals surface area contributed by atoms with Gasteiger partial charge in [0.2, 0.25) is 0 Å². The Morgan fingerprint density at radius 1 is 0.542 bits per heavy atom. The molecule has 4 rings (SSSR count). The number of benzene rings is 2. The number of nitrogens with zero attached hydrogens (tertiary/aromatic N) is 4. The second-order valence-electron chi connectivity index (χ2n) is 5.36. The fraction of sp³-hybridized carbons (Fsp3) is 0. The molecule has 2 aromatic heterocycles. The summed E-state index contributed by atoms with van der Waals surface area (Å²) in [5.41, 5.74) is 5.53. The van der Waals surface area contributed by atoms with Crippen LogP contribution in [-0.4, -0.2) is 19.9 Å². The Bertz CT molecular complexity index is 936. The number of hydrogen-bond acceptors (Lipinski definition) is 4. The number of rotatable bonds is 3. The molecule has 4 nitrogen and oxygen atoms in total. The van der Waals surface area contributed by atoms with Crippen LogP contribution in [0.15, 0.2) is 85.7 Å². The SMILES string of the molecule is c1cncc(-c2ccc(-c3cccc(-c4ncncn4)c3)cc2)c1. The first-order chi connectivity index (χ1) is 11.9. The van der Waals surface area contributed by atoms with Gasteiger partial charge in [-0.05, 0) is 34.4 Å². The van der Waals surface area contributed by atoms with Crippen molar-refractivity contribution in [1.29, 1.82) is 0 Å². The Kier molecular flexibility index (Phi) is 3.78. The predicted octanol–water partition coefficient (Wildman–Crippen LogP) is 4.27. The van der Waals surface area contributed by atoms with E-state index in [2.05, 4.69) is 62.4 Å². The summed E-state index contributed by atoms with van der Waals surface area (Å²) in [5, 5.41) is 0. The molecule has 0 saturated carbocycles. The Morgan fingerprint density at radius 2 is 1.21 bits per heavy atom. The van der Waals surface area contributed by atoms with Gasteiger partial charge in [0.1, 0.15) is 12.7 Å². The highest BCUT2D eigenvalue weighted by Gasteiger charge is 2.04. The van der Waals surface area contributed by atoms with E-state index in [1.54, 1.807) is 6.20 Å². The molecule has 0 radical (unpaired) electrons. The van der Waals surface area contributed by atoms with E-state index >= 15 is 0 Å². The van der Waals surface area contributed by atoms with Gasteiger partial charge in [0.05, 0.1) is 0 Å². The molecule has 2 heterocycles. The first-order valence-corrected chi connectivity index (χ1v) is 7.63. The molecule has 0 aliphatic carbocycles. The monoisotopic (exact) mass is 310 g/mol. The van der Waals surface area contributed by atoms with Gasteiger partial charge < -0.3 is 0 Å². The molecule has 0 saturated heterocycles. The average Bonchev–Trinajstić information content (AvgIpc) is 2.70. The maximum atomic E-state index is 4.21. The Labute approximate surface area is 139 Å². The number of pyridine rings is 1. The van der Waals surface area contributed by atoms with Crippen LogP contribution in [0.5, 0.6) is 0 Å². The summed E-state index contributed by atoms with van der Waals surface area (Å²) in [4.78, 5) is 16.4. The van der Waals surface area contributed by atoms with E-state index < -0.39 is 0 Å². The third-order valence-electron chi connectivity index (χ3n) is 3.83. The molecule has 0 fully saturated rings. The minimum Gasteiger partial charge on any atom is -0.264 e. The van der Waals surface area contributed by atoms with Gasteiger partial charge in [-0.2, -0.15) is 0 Å². The van der Waals surface area contributed by atoms with E-state index in [1.165, 1.54) is 12.7 Å². The summed E-state index contributed by atoms with van der Waals surface area (Å²) in [6.45, 7) is 0. The average molecular weight is 310 g/mol. The summed E-state index contributed by atoms with van der Waals surface area (Å²) >= 11 is 0. The summed E-state index contributed by atoms with van der Waals surface area (Å²) in [5.74, 6) is 0.679. The lowest BCUT2D eigenvalue weighted by Crippen LogP contribution is -1.89. The molecule has 114 valence electrons. The highest BCUT2D eigenvalue weighted by atomic mass is 15.0. The quantitative estimate of drug-likeness (QED) is 0.567. The second-order valence-corrected chi connectivity index (χ2v) is 5.36. The van der Waals surface area contributed by atoms with Crippen LogP contribution in [0.2, 0.25) is 0 Å². The zero-order valence-electron chi connectivity index (χ0n) is 12.9. The summed E-state index contributed by atoms with van der Waals surface area (Å²) in [6.07, 6.45) is 6.68. The molecular weight excluding hydrogens is 296 g/mol. The normalized spacial score (nSPS) is 10.5. The van der Waals surface area contributed by atoms with Crippen molar-refractivity contribution >= 4 is 0 Å². The summed E-state index contributed by atoms with van der Waals surface area (Å²) < 4.78 is 0. The zero-order valence-corrected chi connectivity index (χ0v) is 12.9. The van der Waals surface area contributed by atoms with Gasteiger partial charge in [0.15, 0.2) is 5.82 Å². The van der Waals surface area contributed by atoms with Gasteiger partial charge in [-0.3, -0.25) is 4.98 Å². The molecular formula is C20H14N4. The van der Waals surface area contributed by atoms with Gasteiger partial charge >= 0.3 is 0 Å². The second kappa shape index (κ2) is 6.38. The molecule has 0 bridgehead atoms. The highest BCUT2D eigenvalue weighted by molar-refractivity contribution is 5.73. The van der Waals surface area contributed by atoms with Crippen LogP contribution in [0.4, 0.5) is 0 Å². The Morgan fingerprint density at radius 3 is 1.92 bits per heavy atom. The van der Waals surface area contributed by atoms with Gasteiger partial charge in [0, 0.05) is 18.0 Å². The molecule has 2 aromatic carbocycles. The highest BCUT2D eigenvalue weighted by Crippen LogP contribution is 2.27. The van der Waals surface area contributed by atoms with Crippen LogP contribution < -0.4 is 0 Å². The molecule has 0 spiro atoms. The molecule has 0 aliphatic heterocycles. The maximum absolute atomic E-state index is 4.21. The predicted molar refractivity (Wildman–Crippen MR) is 93.9 cm³/mol. The van der Waals surface area contributed by atoms with Crippen LogP contribution in [0, 0.1) is 0 Å². The fourth-order valence-corrected chi connectivity index (χ4v) is 2.61. The molecule has 0 amide bonds. The maximum Gasteiger partial charge on any atom is 0.162 e. The number of hydrogen-bond donors (Lipinski definition) is 0. The van der Waals surface area contributed by atoms with Crippen molar-refractivity contribution in [1.82, 2.24) is 19.9 Å². The Balaban J connectivity index is 1.67. The molecule has 4 heteroatoms. The smallest absolute Gasteiger partial charge is 0.162 e. The minimum absolute atomic E-state index is 0.679. The van der Waals surface area contributed by atoms with Crippen LogP contribution in [0.1, 0.15) is 0 Å². The zero-order chi connectivity index (χ0) is 16.2. The van der Waals surface area contributed by atoms with E-state index in [4.69, 9.17) is 0 Å². The van der Waals surface area contributed by atoms with Crippen molar-refractivity contribution in [3.8, 4) is 33.6 Å². The lowest BCUT2D eigenvalue weighted by atomic mass is 10.00. The van der Waals surface area contributed by atoms with E-state index in [1.807, 2.05) is 24.4 Å². The largest absolute Gasteiger partial charge is 0.264 e. The van der Waals surface area contributed by atoms with E-state index in [0.717, 1.165) is 27.8 Å². The molecule has 0 atom stereocenters. The standard InChI is InChI=1S/C20H14N4/c1-3-17(11-18(4-1)20-23-13-22-14-24-20)15-6-8-16(9-7-15)19-5-2-10-21-12-19/h1-14H. The minimum atomic E-state index is 0.679. The van der Waals surface area contributed by atoms with Crippen molar-refractivity contribution in [3.63, 3.8) is 0 Å². The first-order valence-electron chi connectivity index (χ1n) is 7.63. The van der Waals surface area contributed by atoms with Crippen LogP contribution in [-0.2, 0) is 0 Å². The Hall–Kier alpha value is -3.40. The lowest BCUT2D eigenvalue weighted by Gasteiger charge is -2.06. The van der Waals surface area contributed by atoms with Crippen molar-refractivity contribution in [2.24, 2.45) is 0 Å². The van der Waals surface area contributed by atoms with Gasteiger partial charge in [-0.25, -0.2) is 15.0 Å². The van der Waals surface area contributed by atoms with Crippen LogP contribution >= 0.6 is 0 Å². The van der Waals surface area contributed by atoms with Crippen molar-refractivity contribution in [3.05, 3.63) is 85.7 Å². The van der Waals surface area contributed by atoms with Crippen molar-refractivity contribution in [2.45, 2.75) is 0 Å². The van der Waals surface area contributed by atoms with Gasteiger partial charge in [0.25, 0.3) is 0 Å². The third kappa shape index (κ3) is 2.90. The van der Waals surface area contributed by atoms with Gasteiger partial charge in [-0.15, -0.1) is 0 Å². The van der Waals surface area contributed by atoms with Crippen LogP contribution in [0.3, 0.4) is 0 Å². The van der Waals surface area contributed by atoms with E-state index in [0.29, 0.717) is 5.82 Å². The van der Waals surface area contributed by atoms with Crippen LogP contribution in [0.25, 0.3) is 33.6 Å². The topological polar surface area (TPSA) is 51.6 Å². The van der Waals surface area contributed by atoms with E-state index in [9.17, 15) is 0 Å². The summed E-state index contributed by atoms with van der Waals surface area (Å²) in [6, 6.07) is 20.7. The summed E-state index contributed by atoms with van der Waals surface area (Å²) in [7, 11) is 0. The van der Waals surface area contributed by atoms with E-state index in [-0.39, 0.29) is 0 Å². The molecule has 0 N–H and O–H groups in total. The first kappa shape index (κ1) is 14.2. The molecule has 24 heavy (non-hydrogen) atoms. The lowest BCUT2D eigenvalue weighted by molar-refractivity contribution is 1.06.